The number of ether oxygens (including phenoxy) is 4. The van der Waals surface area contributed by atoms with E-state index in [1.54, 1.807) is 12.3 Å². The minimum atomic E-state index is -3.55. The quantitative estimate of drug-likeness (QED) is 0.0628. The molecule has 61 heavy (non-hydrogen) atoms. The van der Waals surface area contributed by atoms with Crippen molar-refractivity contribution in [3.8, 4) is 34.3 Å². The van der Waals surface area contributed by atoms with Gasteiger partial charge in [-0.25, -0.2) is 9.59 Å². The number of nitrogens with one attached hydrogen (secondary N) is 1. The normalized spacial score (nSPS) is 32.2. The molecule has 22 heteroatoms. The third kappa shape index (κ3) is 7.44. The number of carbonyl (C=O) groups is 2. The number of dihydropyridines is 1. The first-order chi connectivity index (χ1) is 28.7. The fourth-order valence-electron chi connectivity index (χ4n) is 8.06. The molecule has 3 aromatic rings. The van der Waals surface area contributed by atoms with Crippen LogP contribution < -0.4 is 21.2 Å². The number of aliphatic hydroxyl groups excluding tert-OH is 6. The summed E-state index contributed by atoms with van der Waals surface area (Å²) in [6.07, 6.45) is -16.8. The summed E-state index contributed by atoms with van der Waals surface area (Å²) in [4.78, 5) is 39.2. The van der Waals surface area contributed by atoms with Crippen LogP contribution in [0.25, 0.3) is 22.3 Å². The van der Waals surface area contributed by atoms with Gasteiger partial charge < -0.3 is 95.7 Å². The zero-order valence-electron chi connectivity index (χ0n) is 32.0. The molecule has 0 bridgehead atoms. The van der Waals surface area contributed by atoms with E-state index < -0.39 is 120 Å². The van der Waals surface area contributed by atoms with Gasteiger partial charge in [0.05, 0.1) is 6.17 Å². The first-order valence-electron chi connectivity index (χ1n) is 19.0. The number of rotatable bonds is 8. The molecule has 4 aliphatic rings. The molecule has 0 saturated carbocycles. The lowest BCUT2D eigenvalue weighted by atomic mass is 9.81. The minimum absolute atomic E-state index is 0.0494. The highest BCUT2D eigenvalue weighted by molar-refractivity contribution is 5.89. The van der Waals surface area contributed by atoms with Gasteiger partial charge in [-0.3, -0.25) is 4.79 Å². The SMILES string of the molecule is CCC1=CC(C2CCC3(Oc4cc5oc(-c6cc(O)c(O)c(CCO)c6)cc(=O)c5c(O)c42)OC(C(=O)OC2OC(C(=O)O)C(O)(O)C(O)C2O)C(O)C(O)C3O)=CNC1N. The molecule has 15 N–H and O–H groups in total. The lowest BCUT2D eigenvalue weighted by molar-refractivity contribution is -0.375. The Labute approximate surface area is 343 Å². The van der Waals surface area contributed by atoms with Crippen LogP contribution in [0.4, 0.5) is 0 Å². The maximum absolute atomic E-state index is 13.8. The molecule has 1 spiro atoms. The third-order valence-corrected chi connectivity index (χ3v) is 11.4. The average Bonchev–Trinajstić information content (AvgIpc) is 3.37. The molecule has 4 aliphatic heterocycles. The average molecular weight is 861 g/mol. The van der Waals surface area contributed by atoms with E-state index in [4.69, 9.17) is 29.1 Å². The summed E-state index contributed by atoms with van der Waals surface area (Å²) < 4.78 is 28.3. The lowest BCUT2D eigenvalue weighted by Crippen LogP contribution is -2.70. The number of hydrogen-bond acceptors (Lipinski definition) is 21. The van der Waals surface area contributed by atoms with Crippen molar-refractivity contribution in [3.05, 3.63) is 69.0 Å². The smallest absolute Gasteiger partial charge is 0.340 e. The van der Waals surface area contributed by atoms with E-state index in [1.165, 1.54) is 6.07 Å². The van der Waals surface area contributed by atoms with Gasteiger partial charge in [0.25, 0.3) is 0 Å². The molecule has 11 unspecified atom stereocenters. The number of esters is 1. The number of carboxylic acid groups (broad SMARTS) is 1. The zero-order valence-corrected chi connectivity index (χ0v) is 32.0. The number of phenolic OH excluding ortho intramolecular Hbond substituents is 3. The van der Waals surface area contributed by atoms with E-state index in [1.807, 2.05) is 6.92 Å². The van der Waals surface area contributed by atoms with Crippen molar-refractivity contribution in [3.63, 3.8) is 0 Å². The Balaban J connectivity index is 1.33. The fraction of sp³-hybridized carbons (Fsp3) is 0.462. The number of benzene rings is 2. The number of carbonyl (C=O) groups excluding carboxylic acids is 1. The van der Waals surface area contributed by atoms with Crippen molar-refractivity contribution >= 4 is 22.9 Å². The third-order valence-electron chi connectivity index (χ3n) is 11.4. The number of allylic oxidation sites excluding steroid dienone is 2. The van der Waals surface area contributed by atoms with Crippen molar-refractivity contribution in [2.75, 3.05) is 6.61 Å². The molecule has 0 aliphatic carbocycles. The summed E-state index contributed by atoms with van der Waals surface area (Å²) in [5.41, 5.74) is 6.50. The van der Waals surface area contributed by atoms with Crippen LogP contribution in [-0.4, -0.2) is 147 Å². The predicted molar refractivity (Wildman–Crippen MR) is 201 cm³/mol. The standard InChI is InChI=1S/C39H44N2O20/c1-2-13-7-16(12-41-34(13)40)17-3-5-38(31(50)28(48)27(47)30(61-38)36(54)59-37-29(49)32(51)39(55,56)33(58-37)35(52)53)60-22-11-21-24(26(46)23(17)22)18(43)10-20(57-21)15-8-14(4-6-42)25(45)19(44)9-15/h7-12,17,27-34,37,41-42,44-51,55-56H,2-6,40H2,1H3,(H,52,53). The highest BCUT2D eigenvalue weighted by Gasteiger charge is 2.62. The second kappa shape index (κ2) is 16.2. The van der Waals surface area contributed by atoms with Gasteiger partial charge in [-0.15, -0.1) is 0 Å². The molecule has 7 rings (SSSR count). The second-order valence-electron chi connectivity index (χ2n) is 15.2. The molecule has 0 amide bonds. The Hall–Kier alpha value is -5.37. The first kappa shape index (κ1) is 43.7. The summed E-state index contributed by atoms with van der Waals surface area (Å²) in [5, 5.41) is 129. The maximum atomic E-state index is 13.8. The van der Waals surface area contributed by atoms with Gasteiger partial charge in [0.2, 0.25) is 24.0 Å². The van der Waals surface area contributed by atoms with E-state index in [0.29, 0.717) is 12.0 Å². The highest BCUT2D eigenvalue weighted by atomic mass is 16.8. The molecule has 0 radical (unpaired) electrons. The van der Waals surface area contributed by atoms with Crippen LogP contribution in [0.3, 0.4) is 0 Å². The van der Waals surface area contributed by atoms with Crippen LogP contribution in [0.1, 0.15) is 43.2 Å². The van der Waals surface area contributed by atoms with Gasteiger partial charge in [-0.1, -0.05) is 13.0 Å². The van der Waals surface area contributed by atoms with Crippen molar-refractivity contribution < 1.29 is 94.2 Å². The van der Waals surface area contributed by atoms with Gasteiger partial charge in [0, 0.05) is 54.0 Å². The molecule has 11 atom stereocenters. The van der Waals surface area contributed by atoms with Crippen LogP contribution >= 0.6 is 0 Å². The van der Waals surface area contributed by atoms with E-state index in [2.05, 4.69) is 5.32 Å². The molecule has 1 aromatic heterocycles. The van der Waals surface area contributed by atoms with E-state index in [9.17, 15) is 75.7 Å². The van der Waals surface area contributed by atoms with Crippen molar-refractivity contribution in [1.29, 1.82) is 0 Å². The Morgan fingerprint density at radius 3 is 2.38 bits per heavy atom. The summed E-state index contributed by atoms with van der Waals surface area (Å²) in [6.45, 7) is 1.45. The Morgan fingerprint density at radius 2 is 1.70 bits per heavy atom. The number of carboxylic acids is 1. The number of phenols is 3. The van der Waals surface area contributed by atoms with Gasteiger partial charge in [0.1, 0.15) is 58.7 Å². The molecule has 2 aromatic carbocycles. The molecule has 5 heterocycles. The number of hydrogen-bond donors (Lipinski definition) is 14. The summed E-state index contributed by atoms with van der Waals surface area (Å²) in [7, 11) is 0. The summed E-state index contributed by atoms with van der Waals surface area (Å²) in [5.74, 6) is -13.0. The Kier molecular flexibility index (Phi) is 11.6. The number of aromatic hydroxyl groups is 3. The monoisotopic (exact) mass is 860 g/mol. The van der Waals surface area contributed by atoms with Gasteiger partial charge >= 0.3 is 11.9 Å². The number of fused-ring (bicyclic) bond motifs is 2. The van der Waals surface area contributed by atoms with Gasteiger partial charge in [0.15, 0.2) is 23.0 Å². The Morgan fingerprint density at radius 1 is 0.984 bits per heavy atom. The molecule has 2 saturated heterocycles. The van der Waals surface area contributed by atoms with E-state index in [0.717, 1.165) is 23.8 Å². The summed E-state index contributed by atoms with van der Waals surface area (Å²) >= 11 is 0. The van der Waals surface area contributed by atoms with Crippen LogP contribution in [-0.2, 0) is 30.2 Å². The first-order valence-corrected chi connectivity index (χ1v) is 19.0. The van der Waals surface area contributed by atoms with Gasteiger partial charge in [-0.2, -0.15) is 0 Å². The zero-order chi connectivity index (χ0) is 44.5. The molecular formula is C39H44N2O20. The van der Waals surface area contributed by atoms with Crippen molar-refractivity contribution in [1.82, 2.24) is 5.32 Å². The topological polar surface area (TPSA) is 382 Å². The van der Waals surface area contributed by atoms with Crippen LogP contribution in [0.15, 0.2) is 56.9 Å². The van der Waals surface area contributed by atoms with Gasteiger partial charge in [-0.05, 0) is 42.5 Å². The van der Waals surface area contributed by atoms with Crippen molar-refractivity contribution in [2.45, 2.75) is 105 Å². The highest BCUT2D eigenvalue weighted by Crippen LogP contribution is 2.52. The van der Waals surface area contributed by atoms with E-state index >= 15 is 0 Å². The van der Waals surface area contributed by atoms with Crippen LogP contribution in [0, 0.1) is 0 Å². The minimum Gasteiger partial charge on any atom is -0.507 e. The maximum Gasteiger partial charge on any atom is 0.340 e. The van der Waals surface area contributed by atoms with Crippen LogP contribution in [0.2, 0.25) is 0 Å². The van der Waals surface area contributed by atoms with Crippen LogP contribution in [0.5, 0.6) is 23.0 Å². The number of aliphatic hydroxyl groups is 8. The largest absolute Gasteiger partial charge is 0.507 e. The van der Waals surface area contributed by atoms with Crippen molar-refractivity contribution in [2.24, 2.45) is 5.73 Å². The predicted octanol–water partition coefficient (Wildman–Crippen LogP) is -2.59. The Bertz CT molecular complexity index is 2360. The lowest BCUT2D eigenvalue weighted by Gasteiger charge is -2.47. The second-order valence-corrected chi connectivity index (χ2v) is 15.2. The number of aliphatic carboxylic acids is 1. The number of nitrogens with two attached hydrogens (primary N) is 1. The molecule has 22 nitrogen and oxygen atoms in total. The molecular weight excluding hydrogens is 816 g/mol. The van der Waals surface area contributed by atoms with E-state index in [-0.39, 0.29) is 52.0 Å². The fourth-order valence-corrected chi connectivity index (χ4v) is 8.06. The molecule has 330 valence electrons. The molecule has 2 fully saturated rings. The summed E-state index contributed by atoms with van der Waals surface area (Å²) in [6, 6.07) is 4.64.